The van der Waals surface area contributed by atoms with Gasteiger partial charge in [-0.15, -0.1) is 11.3 Å². The van der Waals surface area contributed by atoms with Gasteiger partial charge in [-0.25, -0.2) is 4.98 Å². The molecule has 1 saturated heterocycles. The van der Waals surface area contributed by atoms with Crippen LogP contribution in [0.4, 0.5) is 0 Å². The van der Waals surface area contributed by atoms with Crippen LogP contribution in [0, 0.1) is 0 Å². The van der Waals surface area contributed by atoms with Crippen molar-refractivity contribution in [2.24, 2.45) is 0 Å². The third-order valence-electron chi connectivity index (χ3n) is 6.63. The predicted molar refractivity (Wildman–Crippen MR) is 119 cm³/mol. The number of hydrogen-bond acceptors (Lipinski definition) is 5. The van der Waals surface area contributed by atoms with Crippen LogP contribution in [-0.2, 0) is 4.79 Å². The lowest BCUT2D eigenvalue weighted by Crippen LogP contribution is -2.37. The third-order valence-corrected chi connectivity index (χ3v) is 8.45. The monoisotopic (exact) mass is 431 g/mol. The van der Waals surface area contributed by atoms with E-state index in [4.69, 9.17) is 4.98 Å². The summed E-state index contributed by atoms with van der Waals surface area (Å²) in [7, 11) is 0. The van der Waals surface area contributed by atoms with Gasteiger partial charge < -0.3 is 4.90 Å². The molecule has 2 aromatic heterocycles. The molecule has 0 radical (unpaired) electrons. The van der Waals surface area contributed by atoms with Crippen LogP contribution in [0.5, 0.6) is 0 Å². The molecule has 5 nitrogen and oxygen atoms in total. The second kappa shape index (κ2) is 8.42. The van der Waals surface area contributed by atoms with Crippen molar-refractivity contribution in [3.8, 4) is 0 Å². The molecule has 0 spiro atoms. The van der Waals surface area contributed by atoms with Crippen LogP contribution in [0.15, 0.2) is 15.3 Å². The summed E-state index contributed by atoms with van der Waals surface area (Å²) in [6.45, 7) is 1.74. The average molecular weight is 432 g/mol. The first-order valence-corrected chi connectivity index (χ1v) is 13.0. The van der Waals surface area contributed by atoms with Gasteiger partial charge in [-0.3, -0.25) is 14.2 Å². The summed E-state index contributed by atoms with van der Waals surface area (Å²) >= 11 is 3.07. The van der Waals surface area contributed by atoms with Gasteiger partial charge >= 0.3 is 0 Å². The number of aromatic nitrogens is 2. The minimum Gasteiger partial charge on any atom is -0.342 e. The molecule has 156 valence electrons. The van der Waals surface area contributed by atoms with E-state index in [0.29, 0.717) is 11.7 Å². The summed E-state index contributed by atoms with van der Waals surface area (Å²) in [6.07, 6.45) is 11.5. The highest BCUT2D eigenvalue weighted by Gasteiger charge is 2.30. The van der Waals surface area contributed by atoms with Crippen molar-refractivity contribution in [2.75, 3.05) is 18.8 Å². The fraction of sp³-hybridized carbons (Fsp3) is 0.682. The summed E-state index contributed by atoms with van der Waals surface area (Å²) in [5, 5.41) is 3.76. The summed E-state index contributed by atoms with van der Waals surface area (Å²) in [5.41, 5.74) is 1.35. The maximum Gasteiger partial charge on any atom is 0.263 e. The third kappa shape index (κ3) is 4.00. The highest BCUT2D eigenvalue weighted by Crippen LogP contribution is 2.44. The average Bonchev–Trinajstić information content (AvgIpc) is 3.52. The summed E-state index contributed by atoms with van der Waals surface area (Å²) < 4.78 is 1.97. The molecule has 1 amide bonds. The van der Waals surface area contributed by atoms with Crippen molar-refractivity contribution in [2.45, 2.75) is 81.3 Å². The maximum absolute atomic E-state index is 13.6. The Bertz CT molecular complexity index is 951. The molecule has 0 N–H and O–H groups in total. The quantitative estimate of drug-likeness (QED) is 0.497. The molecule has 2 aliphatic carbocycles. The molecule has 0 atom stereocenters. The van der Waals surface area contributed by atoms with E-state index < -0.39 is 0 Å². The Morgan fingerprint density at radius 3 is 2.52 bits per heavy atom. The van der Waals surface area contributed by atoms with Gasteiger partial charge in [-0.2, -0.15) is 0 Å². The molecule has 7 heteroatoms. The minimum absolute atomic E-state index is 0.137. The van der Waals surface area contributed by atoms with Gasteiger partial charge in [-0.1, -0.05) is 31.0 Å². The van der Waals surface area contributed by atoms with Crippen LogP contribution in [0.25, 0.3) is 10.2 Å². The minimum atomic E-state index is 0.137. The molecule has 29 heavy (non-hydrogen) atoms. The van der Waals surface area contributed by atoms with Crippen molar-refractivity contribution in [3.05, 3.63) is 21.3 Å². The first kappa shape index (κ1) is 19.6. The Morgan fingerprint density at radius 1 is 1.07 bits per heavy atom. The SMILES string of the molecule is O=C(CSc1nc2scc(C3CC3)c2c(=O)n1C1CCCCC1)N1CCCCC1. The zero-order chi connectivity index (χ0) is 19.8. The smallest absolute Gasteiger partial charge is 0.263 e. The summed E-state index contributed by atoms with van der Waals surface area (Å²) in [4.78, 5) is 34.1. The largest absolute Gasteiger partial charge is 0.342 e. The van der Waals surface area contributed by atoms with Crippen molar-refractivity contribution in [1.29, 1.82) is 0 Å². The van der Waals surface area contributed by atoms with E-state index >= 15 is 0 Å². The standard InChI is InChI=1S/C22H29N3O2S2/c26-18(24-11-5-2-6-12-24)14-29-22-23-20-19(17(13-28-20)15-9-10-15)21(27)25(22)16-7-3-1-4-8-16/h13,15-16H,1-12,14H2. The normalized spacial score (nSPS) is 21.0. The van der Waals surface area contributed by atoms with Gasteiger partial charge in [-0.05, 0) is 61.8 Å². The summed E-state index contributed by atoms with van der Waals surface area (Å²) in [6, 6.07) is 0.229. The van der Waals surface area contributed by atoms with E-state index in [1.165, 1.54) is 55.9 Å². The molecule has 3 aliphatic rings. The molecule has 1 aliphatic heterocycles. The number of amides is 1. The molecule has 0 aromatic carbocycles. The van der Waals surface area contributed by atoms with Gasteiger partial charge in [0.25, 0.3) is 5.56 Å². The van der Waals surface area contributed by atoms with E-state index in [1.807, 2.05) is 9.47 Å². The molecule has 2 saturated carbocycles. The number of piperidine rings is 1. The van der Waals surface area contributed by atoms with Crippen LogP contribution in [0.1, 0.15) is 81.7 Å². The number of nitrogens with zero attached hydrogens (tertiary/aromatic N) is 3. The molecule has 2 aromatic rings. The lowest BCUT2D eigenvalue weighted by atomic mass is 9.95. The Balaban J connectivity index is 1.47. The maximum atomic E-state index is 13.6. The van der Waals surface area contributed by atoms with Crippen LogP contribution in [0.2, 0.25) is 0 Å². The lowest BCUT2D eigenvalue weighted by Gasteiger charge is -2.28. The van der Waals surface area contributed by atoms with E-state index in [1.54, 1.807) is 11.3 Å². The van der Waals surface area contributed by atoms with Crippen molar-refractivity contribution >= 4 is 39.2 Å². The van der Waals surface area contributed by atoms with Gasteiger partial charge in [0.2, 0.25) is 5.91 Å². The number of hydrogen-bond donors (Lipinski definition) is 0. The highest BCUT2D eigenvalue weighted by atomic mass is 32.2. The number of likely N-dealkylation sites (tertiary alicyclic amines) is 1. The molecule has 3 heterocycles. The Hall–Kier alpha value is -1.34. The number of rotatable bonds is 5. The zero-order valence-electron chi connectivity index (χ0n) is 16.9. The van der Waals surface area contributed by atoms with Crippen molar-refractivity contribution < 1.29 is 4.79 Å². The Kier molecular flexibility index (Phi) is 5.69. The molecular weight excluding hydrogens is 402 g/mol. The second-order valence-corrected chi connectivity index (χ2v) is 10.5. The molecule has 0 bridgehead atoms. The van der Waals surface area contributed by atoms with Crippen LogP contribution >= 0.6 is 23.1 Å². The first-order chi connectivity index (χ1) is 14.2. The number of thiophene rings is 1. The lowest BCUT2D eigenvalue weighted by molar-refractivity contribution is -0.129. The van der Waals surface area contributed by atoms with E-state index in [-0.39, 0.29) is 17.5 Å². The van der Waals surface area contributed by atoms with Gasteiger partial charge in [0.05, 0.1) is 11.1 Å². The zero-order valence-corrected chi connectivity index (χ0v) is 18.5. The fourth-order valence-electron chi connectivity index (χ4n) is 4.82. The highest BCUT2D eigenvalue weighted by molar-refractivity contribution is 7.99. The van der Waals surface area contributed by atoms with Crippen LogP contribution < -0.4 is 5.56 Å². The van der Waals surface area contributed by atoms with Crippen LogP contribution in [-0.4, -0.2) is 39.2 Å². The Morgan fingerprint density at radius 2 is 1.79 bits per heavy atom. The molecule has 0 unspecified atom stereocenters. The fourth-order valence-corrected chi connectivity index (χ4v) is 6.86. The predicted octanol–water partition coefficient (Wildman–Crippen LogP) is 4.95. The van der Waals surface area contributed by atoms with E-state index in [9.17, 15) is 9.59 Å². The number of fused-ring (bicyclic) bond motifs is 1. The van der Waals surface area contributed by atoms with Crippen LogP contribution in [0.3, 0.4) is 0 Å². The molecular formula is C22H29N3O2S2. The second-order valence-electron chi connectivity index (χ2n) is 8.74. The summed E-state index contributed by atoms with van der Waals surface area (Å²) in [5.74, 6) is 1.12. The number of carbonyl (C=O) groups is 1. The Labute approximate surface area is 179 Å². The number of carbonyl (C=O) groups excluding carboxylic acids is 1. The van der Waals surface area contributed by atoms with Gasteiger partial charge in [0, 0.05) is 19.1 Å². The van der Waals surface area contributed by atoms with E-state index in [2.05, 4.69) is 5.38 Å². The molecule has 3 fully saturated rings. The van der Waals surface area contributed by atoms with Gasteiger partial charge in [0.1, 0.15) is 4.83 Å². The molecule has 5 rings (SSSR count). The topological polar surface area (TPSA) is 55.2 Å². The van der Waals surface area contributed by atoms with E-state index in [0.717, 1.165) is 54.1 Å². The van der Waals surface area contributed by atoms with Crippen molar-refractivity contribution in [1.82, 2.24) is 14.5 Å². The van der Waals surface area contributed by atoms with Crippen molar-refractivity contribution in [3.63, 3.8) is 0 Å². The number of thioether (sulfide) groups is 1. The first-order valence-electron chi connectivity index (χ1n) is 11.2. The van der Waals surface area contributed by atoms with Gasteiger partial charge in [0.15, 0.2) is 5.16 Å².